The van der Waals surface area contributed by atoms with Crippen LogP contribution in [0.1, 0.15) is 111 Å². The van der Waals surface area contributed by atoms with Crippen LogP contribution >= 0.6 is 23.2 Å². The number of fused-ring (bicyclic) bond motifs is 2. The van der Waals surface area contributed by atoms with Gasteiger partial charge in [0.25, 0.3) is 0 Å². The Bertz CT molecular complexity index is 3400. The lowest BCUT2D eigenvalue weighted by atomic mass is 10.0. The molecule has 0 bridgehead atoms. The third kappa shape index (κ3) is 17.3. The molecule has 4 aliphatic heterocycles. The molecule has 4 aromatic rings. The number of hydrogen-bond acceptors (Lipinski definition) is 16. The molecule has 0 saturated carbocycles. The highest BCUT2D eigenvalue weighted by Crippen LogP contribution is 2.43. The average Bonchev–Trinajstić information content (AvgIpc) is 1.62. The number of sulfonamides is 2. The molecule has 10 rings (SSSR count). The molecule has 4 fully saturated rings. The molecule has 4 saturated heterocycles. The van der Waals surface area contributed by atoms with Gasteiger partial charge in [-0.3, -0.25) is 19.4 Å². The number of urea groups is 2. The molecule has 24 nitrogen and oxygen atoms in total. The summed E-state index contributed by atoms with van der Waals surface area (Å²) < 4.78 is 72.8. The predicted molar refractivity (Wildman–Crippen MR) is 346 cm³/mol. The van der Waals surface area contributed by atoms with E-state index in [9.17, 15) is 46.5 Å². The quantitative estimate of drug-likeness (QED) is 0.0413. The van der Waals surface area contributed by atoms with Crippen molar-refractivity contribution in [2.45, 2.75) is 136 Å². The molecule has 28 heteroatoms. The van der Waals surface area contributed by atoms with Gasteiger partial charge in [0.2, 0.25) is 31.9 Å². The lowest BCUT2D eigenvalue weighted by Crippen LogP contribution is -2.54. The number of carbonyl (C=O) groups excluding carboxylic acids is 4. The van der Waals surface area contributed by atoms with Crippen molar-refractivity contribution in [1.29, 1.82) is 10.5 Å². The van der Waals surface area contributed by atoms with Crippen molar-refractivity contribution < 1.29 is 45.5 Å². The van der Waals surface area contributed by atoms with Crippen LogP contribution in [-0.4, -0.2) is 188 Å². The van der Waals surface area contributed by atoms with Crippen molar-refractivity contribution in [3.63, 3.8) is 0 Å². The Kier molecular flexibility index (Phi) is 22.9. The molecule has 8 atom stereocenters. The van der Waals surface area contributed by atoms with Crippen molar-refractivity contribution in [2.24, 2.45) is 0 Å². The Morgan fingerprint density at radius 1 is 0.554 bits per heavy atom. The Labute approximate surface area is 548 Å². The van der Waals surface area contributed by atoms with E-state index in [2.05, 4.69) is 77.1 Å². The van der Waals surface area contributed by atoms with Crippen LogP contribution in [0.25, 0.3) is 0 Å². The zero-order chi connectivity index (χ0) is 65.1. The van der Waals surface area contributed by atoms with E-state index in [-0.39, 0.29) is 96.9 Å². The van der Waals surface area contributed by atoms with Gasteiger partial charge in [-0.15, -0.1) is 0 Å². The third-order valence-corrected chi connectivity index (χ3v) is 21.5. The highest BCUT2D eigenvalue weighted by molar-refractivity contribution is 7.89. The molecule has 0 unspecified atom stereocenters. The van der Waals surface area contributed by atoms with Gasteiger partial charge < -0.3 is 51.2 Å². The summed E-state index contributed by atoms with van der Waals surface area (Å²) in [4.78, 5) is 59.1. The lowest BCUT2D eigenvalue weighted by Gasteiger charge is -2.38. The van der Waals surface area contributed by atoms with E-state index in [0.717, 1.165) is 61.5 Å². The summed E-state index contributed by atoms with van der Waals surface area (Å²) >= 11 is 12.9. The van der Waals surface area contributed by atoms with Crippen molar-refractivity contribution in [1.82, 2.24) is 60.9 Å². The van der Waals surface area contributed by atoms with Crippen LogP contribution in [0.4, 0.5) is 9.59 Å². The Morgan fingerprint density at radius 2 is 0.935 bits per heavy atom. The molecular weight excluding hydrogens is 1260 g/mol. The molecule has 6 amide bonds. The standard InChI is InChI=1S/C64H82Cl2N14O10S2/c1-41-37-77(27-23-69-41)57-33-53-43(35-67)29-45(65)31-55(53)61(57)89-49-9-13-51(14-10-49)91(85,86)75-47-17-25-79(39-47)59(81)7-5-21-73-63(83)71-19-3-4-20-72-64(84)74-22-6-8-60(82)80-26-18-48(40-80)76-92(87,88)52-15-11-50(12-16-52)90-62-56-32-46(66)30-44(36-68)54(56)34-58(62)78-28-24-70-42(2)38-78/h9-16,29-32,41-42,47-48,57-58,61-62,69-70,75-76H,3-8,17-28,33-34,37-40H2,1-2H3,(H2,71,73,83)(H2,72,74,84)/t41-,42-,47+,48+,57+,58+,61+,62+/m1/s1. The third-order valence-electron chi connectivity index (χ3n) is 18.0. The minimum atomic E-state index is -3.93. The largest absolute Gasteiger partial charge is 0.484 e. The minimum Gasteiger partial charge on any atom is -0.484 e. The first-order valence-corrected chi connectivity index (χ1v) is 35.5. The van der Waals surface area contributed by atoms with Gasteiger partial charge in [0.1, 0.15) is 23.7 Å². The van der Waals surface area contributed by atoms with Crippen LogP contribution in [0.15, 0.2) is 82.6 Å². The summed E-state index contributed by atoms with van der Waals surface area (Å²) in [6.07, 6.45) is 3.67. The van der Waals surface area contributed by atoms with Crippen LogP contribution in [-0.2, 0) is 42.5 Å². The van der Waals surface area contributed by atoms with E-state index in [0.29, 0.717) is 110 Å². The molecule has 4 aromatic carbocycles. The summed E-state index contributed by atoms with van der Waals surface area (Å²) in [5, 5.41) is 38.7. The van der Waals surface area contributed by atoms with Gasteiger partial charge in [-0.1, -0.05) is 23.2 Å². The fourth-order valence-corrected chi connectivity index (χ4v) is 16.4. The Balaban J connectivity index is 0.552. The van der Waals surface area contributed by atoms with E-state index in [1.165, 1.54) is 24.3 Å². The number of carbonyl (C=O) groups is 4. The number of nitrogens with one attached hydrogen (secondary N) is 8. The van der Waals surface area contributed by atoms with E-state index >= 15 is 0 Å². The molecule has 8 N–H and O–H groups in total. The second-order valence-corrected chi connectivity index (χ2v) is 29.0. The van der Waals surface area contributed by atoms with E-state index in [4.69, 9.17) is 32.7 Å². The average molecular weight is 1340 g/mol. The number of benzene rings is 4. The summed E-state index contributed by atoms with van der Waals surface area (Å²) in [7, 11) is -7.86. The smallest absolute Gasteiger partial charge is 0.314 e. The van der Waals surface area contributed by atoms with Gasteiger partial charge in [-0.05, 0) is 160 Å². The van der Waals surface area contributed by atoms with Crippen LogP contribution in [0.2, 0.25) is 10.0 Å². The van der Waals surface area contributed by atoms with Crippen LogP contribution in [0, 0.1) is 22.7 Å². The molecule has 6 aliphatic rings. The van der Waals surface area contributed by atoms with E-state index in [1.54, 1.807) is 46.2 Å². The minimum absolute atomic E-state index is 0.0405. The number of unbranched alkanes of at least 4 members (excludes halogenated alkanes) is 1. The first-order chi connectivity index (χ1) is 44.2. The lowest BCUT2D eigenvalue weighted by molar-refractivity contribution is -0.131. The Hall–Kier alpha value is -6.82. The molecule has 0 aromatic heterocycles. The van der Waals surface area contributed by atoms with Crippen molar-refractivity contribution >= 4 is 67.1 Å². The van der Waals surface area contributed by atoms with Crippen LogP contribution in [0.3, 0.4) is 0 Å². The predicted octanol–water partition coefficient (Wildman–Crippen LogP) is 4.81. The number of nitriles is 2. The fraction of sp³-hybridized carbons (Fsp3) is 0.531. The molecule has 2 aliphatic carbocycles. The normalized spacial score (nSPS) is 23.2. The molecule has 0 spiro atoms. The summed E-state index contributed by atoms with van der Waals surface area (Å²) in [6.45, 7) is 11.7. The number of hydrogen-bond donors (Lipinski definition) is 8. The van der Waals surface area contributed by atoms with Crippen molar-refractivity contribution in [2.75, 3.05) is 91.6 Å². The van der Waals surface area contributed by atoms with E-state index < -0.39 is 44.3 Å². The first kappa shape index (κ1) is 68.1. The highest BCUT2D eigenvalue weighted by atomic mass is 35.5. The second-order valence-electron chi connectivity index (χ2n) is 24.7. The number of likely N-dealkylation sites (tertiary alicyclic amines) is 2. The Morgan fingerprint density at radius 3 is 1.30 bits per heavy atom. The van der Waals surface area contributed by atoms with Gasteiger partial charge in [0.05, 0.1) is 45.1 Å². The van der Waals surface area contributed by atoms with Crippen molar-refractivity contribution in [3.05, 3.63) is 116 Å². The zero-order valence-corrected chi connectivity index (χ0v) is 55.0. The number of halogens is 2. The van der Waals surface area contributed by atoms with Gasteiger partial charge >= 0.3 is 12.1 Å². The molecule has 4 heterocycles. The first-order valence-electron chi connectivity index (χ1n) is 31.8. The summed E-state index contributed by atoms with van der Waals surface area (Å²) in [5.41, 5.74) is 4.60. The van der Waals surface area contributed by atoms with E-state index in [1.807, 2.05) is 12.1 Å². The number of rotatable bonds is 25. The molecule has 92 heavy (non-hydrogen) atoms. The van der Waals surface area contributed by atoms with Crippen molar-refractivity contribution in [3.8, 4) is 23.6 Å². The number of piperazine rings is 2. The molecule has 0 radical (unpaired) electrons. The molecular formula is C64H82Cl2N14O10S2. The fourth-order valence-electron chi connectivity index (χ4n) is 13.4. The number of amides is 6. The number of ether oxygens (including phenoxy) is 2. The maximum atomic E-state index is 13.5. The summed E-state index contributed by atoms with van der Waals surface area (Å²) in [6, 6.07) is 23.0. The molecule has 494 valence electrons. The summed E-state index contributed by atoms with van der Waals surface area (Å²) in [5.74, 6) is 0.699. The monoisotopic (exact) mass is 1340 g/mol. The van der Waals surface area contributed by atoms with Gasteiger partial charge in [-0.25, -0.2) is 35.9 Å². The zero-order valence-electron chi connectivity index (χ0n) is 51.9. The maximum absolute atomic E-state index is 13.5. The second kappa shape index (κ2) is 31.0. The van der Waals surface area contributed by atoms with Crippen LogP contribution in [0.5, 0.6) is 11.5 Å². The van der Waals surface area contributed by atoms with Gasteiger partial charge in [0.15, 0.2) is 0 Å². The number of nitrogens with zero attached hydrogens (tertiary/aromatic N) is 6. The highest BCUT2D eigenvalue weighted by Gasteiger charge is 2.43. The SMILES string of the molecule is C[C@@H]1CN([C@H]2Cc3c(C#N)cc(Cl)cc3[C@@H]2Oc2ccc(S(=O)(=O)N[C@H]3CCN(C(=O)CCCNC(=O)NCCCCNC(=O)NCCCC(=O)N4CC[C@H](NS(=O)(=O)c5ccc(O[C@H]6c7cc(Cl)cc(C#N)c7C[C@@H]6N6CCN[C@H](C)C6)cc5)C4)C3)cc2)CCN1. The topological polar surface area (TPSA) is 312 Å². The maximum Gasteiger partial charge on any atom is 0.314 e. The van der Waals surface area contributed by atoms with Gasteiger partial charge in [0, 0.05) is 139 Å². The van der Waals surface area contributed by atoms with Gasteiger partial charge in [-0.2, -0.15) is 10.5 Å². The van der Waals surface area contributed by atoms with Crippen LogP contribution < -0.4 is 50.8 Å².